The van der Waals surface area contributed by atoms with E-state index in [0.717, 1.165) is 21.2 Å². The maximum Gasteiger partial charge on any atom is 0.264 e. The summed E-state index contributed by atoms with van der Waals surface area (Å²) in [6.07, 6.45) is 0. The Labute approximate surface area is 219 Å². The molecule has 37 heavy (non-hydrogen) atoms. The van der Waals surface area contributed by atoms with Gasteiger partial charge in [0.15, 0.2) is 0 Å². The highest BCUT2D eigenvalue weighted by Crippen LogP contribution is 2.35. The summed E-state index contributed by atoms with van der Waals surface area (Å²) in [5.41, 5.74) is 2.19. The highest BCUT2D eigenvalue weighted by molar-refractivity contribution is 7.92. The number of methoxy groups -OCH3 is 2. The molecular formula is C28H34N2O6S. The Kier molecular flexibility index (Phi) is 9.41. The van der Waals surface area contributed by atoms with Gasteiger partial charge in [-0.25, -0.2) is 8.42 Å². The van der Waals surface area contributed by atoms with Crippen molar-refractivity contribution in [2.75, 3.05) is 38.2 Å². The van der Waals surface area contributed by atoms with Crippen LogP contribution >= 0.6 is 0 Å². The molecule has 9 heteroatoms. The van der Waals surface area contributed by atoms with Gasteiger partial charge in [-0.05, 0) is 48.7 Å². The number of ether oxygens (including phenoxy) is 3. The molecule has 0 saturated heterocycles. The van der Waals surface area contributed by atoms with Gasteiger partial charge in [-0.1, -0.05) is 49.7 Å². The van der Waals surface area contributed by atoms with Crippen LogP contribution in [0.5, 0.6) is 17.2 Å². The molecule has 0 aliphatic carbocycles. The van der Waals surface area contributed by atoms with E-state index in [9.17, 15) is 13.2 Å². The highest BCUT2D eigenvalue weighted by Gasteiger charge is 2.30. The second-order valence-corrected chi connectivity index (χ2v) is 10.6. The van der Waals surface area contributed by atoms with Crippen molar-refractivity contribution >= 4 is 21.6 Å². The molecule has 0 unspecified atom stereocenters. The summed E-state index contributed by atoms with van der Waals surface area (Å²) in [6, 6.07) is 19.0. The van der Waals surface area contributed by atoms with Gasteiger partial charge in [-0.2, -0.15) is 0 Å². The van der Waals surface area contributed by atoms with Gasteiger partial charge < -0.3 is 19.5 Å². The second kappa shape index (κ2) is 12.5. The van der Waals surface area contributed by atoms with E-state index >= 15 is 0 Å². The van der Waals surface area contributed by atoms with E-state index in [-0.39, 0.29) is 29.5 Å². The Morgan fingerprint density at radius 3 is 2.30 bits per heavy atom. The van der Waals surface area contributed by atoms with Crippen LogP contribution in [-0.2, 0) is 14.8 Å². The molecule has 8 nitrogen and oxygen atoms in total. The summed E-state index contributed by atoms with van der Waals surface area (Å²) in [5.74, 6) is 1.29. The molecule has 1 amide bonds. The average Bonchev–Trinajstić information content (AvgIpc) is 2.89. The molecule has 198 valence electrons. The third-order valence-electron chi connectivity index (χ3n) is 5.77. The number of carbonyl (C=O) groups excluding carboxylic acids is 1. The third kappa shape index (κ3) is 6.95. The van der Waals surface area contributed by atoms with E-state index in [1.54, 1.807) is 24.3 Å². The van der Waals surface area contributed by atoms with Crippen molar-refractivity contribution in [3.8, 4) is 17.2 Å². The number of nitrogens with zero attached hydrogens (tertiary/aromatic N) is 1. The zero-order valence-electron chi connectivity index (χ0n) is 21.9. The number of benzene rings is 3. The minimum atomic E-state index is -4.11. The fourth-order valence-electron chi connectivity index (χ4n) is 3.76. The van der Waals surface area contributed by atoms with Crippen molar-refractivity contribution in [1.82, 2.24) is 5.32 Å². The zero-order chi connectivity index (χ0) is 27.0. The largest absolute Gasteiger partial charge is 0.497 e. The standard InChI is InChI=1S/C28H34N2O6S/c1-20(2)24-8-6-7-9-26(24)36-17-16-29-28(31)19-30(25-18-22(34-4)12-15-27(25)35-5)37(32,33)23-13-10-21(3)11-14-23/h6-15,18,20H,16-17,19H2,1-5H3,(H,29,31). The van der Waals surface area contributed by atoms with Crippen LogP contribution in [0.25, 0.3) is 0 Å². The average molecular weight is 527 g/mol. The molecule has 0 spiro atoms. The molecule has 3 aromatic carbocycles. The van der Waals surface area contributed by atoms with Gasteiger partial charge in [0.2, 0.25) is 5.91 Å². The normalized spacial score (nSPS) is 11.2. The SMILES string of the molecule is COc1ccc(OC)c(N(CC(=O)NCCOc2ccccc2C(C)C)S(=O)(=O)c2ccc(C)cc2)c1. The van der Waals surface area contributed by atoms with Crippen LogP contribution in [0.15, 0.2) is 71.6 Å². The number of hydrogen-bond acceptors (Lipinski definition) is 6. The minimum absolute atomic E-state index is 0.0596. The molecule has 0 atom stereocenters. The lowest BCUT2D eigenvalue weighted by atomic mass is 10.0. The number of nitrogens with one attached hydrogen (secondary N) is 1. The molecule has 0 radical (unpaired) electrons. The van der Waals surface area contributed by atoms with Gasteiger partial charge in [0.05, 0.1) is 31.3 Å². The molecule has 3 aromatic rings. The lowest BCUT2D eigenvalue weighted by Gasteiger charge is -2.26. The molecule has 0 bridgehead atoms. The van der Waals surface area contributed by atoms with Crippen LogP contribution in [0, 0.1) is 6.92 Å². The van der Waals surface area contributed by atoms with Crippen molar-refractivity contribution in [2.24, 2.45) is 0 Å². The number of sulfonamides is 1. The molecule has 0 aromatic heterocycles. The first-order valence-electron chi connectivity index (χ1n) is 12.0. The van der Waals surface area contributed by atoms with Crippen LogP contribution < -0.4 is 23.8 Å². The number of rotatable bonds is 12. The second-order valence-electron chi connectivity index (χ2n) is 8.75. The third-order valence-corrected chi connectivity index (χ3v) is 7.55. The molecule has 0 aliphatic heterocycles. The van der Waals surface area contributed by atoms with E-state index in [0.29, 0.717) is 11.7 Å². The number of anilines is 1. The summed E-state index contributed by atoms with van der Waals surface area (Å²) in [4.78, 5) is 13.0. The van der Waals surface area contributed by atoms with E-state index in [4.69, 9.17) is 14.2 Å². The number of amides is 1. The molecule has 0 aliphatic rings. The van der Waals surface area contributed by atoms with Gasteiger partial charge in [-0.3, -0.25) is 9.10 Å². The van der Waals surface area contributed by atoms with Crippen LogP contribution in [0.1, 0.15) is 30.9 Å². The van der Waals surface area contributed by atoms with Crippen LogP contribution in [0.3, 0.4) is 0 Å². The number of carbonyl (C=O) groups is 1. The summed E-state index contributed by atoms with van der Waals surface area (Å²) >= 11 is 0. The van der Waals surface area contributed by atoms with Crippen molar-refractivity contribution in [1.29, 1.82) is 0 Å². The summed E-state index contributed by atoms with van der Waals surface area (Å²) in [6.45, 7) is 6.03. The van der Waals surface area contributed by atoms with Gasteiger partial charge in [-0.15, -0.1) is 0 Å². The molecule has 3 rings (SSSR count). The van der Waals surface area contributed by atoms with Crippen LogP contribution in [0.4, 0.5) is 5.69 Å². The predicted molar refractivity (Wildman–Crippen MR) is 144 cm³/mol. The van der Waals surface area contributed by atoms with Gasteiger partial charge >= 0.3 is 0 Å². The van der Waals surface area contributed by atoms with Crippen LogP contribution in [0.2, 0.25) is 0 Å². The van der Waals surface area contributed by atoms with E-state index in [1.165, 1.54) is 32.4 Å². The number of aryl methyl sites for hydroxylation is 1. The topological polar surface area (TPSA) is 94.2 Å². The zero-order valence-corrected chi connectivity index (χ0v) is 22.7. The van der Waals surface area contributed by atoms with E-state index in [2.05, 4.69) is 19.2 Å². The Morgan fingerprint density at radius 1 is 0.946 bits per heavy atom. The smallest absolute Gasteiger partial charge is 0.264 e. The summed E-state index contributed by atoms with van der Waals surface area (Å²) < 4.78 is 45.0. The van der Waals surface area contributed by atoms with Crippen molar-refractivity contribution in [3.05, 3.63) is 77.9 Å². The maximum atomic E-state index is 13.7. The fourth-order valence-corrected chi connectivity index (χ4v) is 5.18. The van der Waals surface area contributed by atoms with Gasteiger partial charge in [0.25, 0.3) is 10.0 Å². The van der Waals surface area contributed by atoms with E-state index in [1.807, 2.05) is 31.2 Å². The van der Waals surface area contributed by atoms with Crippen molar-refractivity contribution in [2.45, 2.75) is 31.6 Å². The Balaban J connectivity index is 1.81. The Bertz CT molecular complexity index is 1310. The fraction of sp³-hybridized carbons (Fsp3) is 0.321. The molecular weight excluding hydrogens is 492 g/mol. The van der Waals surface area contributed by atoms with Crippen LogP contribution in [-0.4, -0.2) is 48.2 Å². The number of para-hydroxylation sites is 1. The summed E-state index contributed by atoms with van der Waals surface area (Å²) in [7, 11) is -1.19. The molecule has 0 fully saturated rings. The van der Waals surface area contributed by atoms with E-state index < -0.39 is 22.5 Å². The Morgan fingerprint density at radius 2 is 1.65 bits per heavy atom. The lowest BCUT2D eigenvalue weighted by molar-refractivity contribution is -0.119. The first kappa shape index (κ1) is 27.9. The number of hydrogen-bond donors (Lipinski definition) is 1. The minimum Gasteiger partial charge on any atom is -0.497 e. The lowest BCUT2D eigenvalue weighted by Crippen LogP contribution is -2.42. The maximum absolute atomic E-state index is 13.7. The predicted octanol–water partition coefficient (Wildman–Crippen LogP) is 4.53. The van der Waals surface area contributed by atoms with Gasteiger partial charge in [0.1, 0.15) is 30.4 Å². The van der Waals surface area contributed by atoms with Crippen molar-refractivity contribution < 1.29 is 27.4 Å². The monoisotopic (exact) mass is 526 g/mol. The quantitative estimate of drug-likeness (QED) is 0.349. The first-order valence-corrected chi connectivity index (χ1v) is 13.4. The first-order chi connectivity index (χ1) is 17.7. The molecule has 0 saturated carbocycles. The van der Waals surface area contributed by atoms with Crippen molar-refractivity contribution in [3.63, 3.8) is 0 Å². The summed E-state index contributed by atoms with van der Waals surface area (Å²) in [5, 5.41) is 2.76. The Hall–Kier alpha value is -3.72. The molecule has 0 heterocycles. The molecule has 1 N–H and O–H groups in total. The van der Waals surface area contributed by atoms with Gasteiger partial charge in [0, 0.05) is 6.07 Å². The highest BCUT2D eigenvalue weighted by atomic mass is 32.2.